The van der Waals surface area contributed by atoms with Gasteiger partial charge in [-0.05, 0) is 18.6 Å². The maximum atomic E-state index is 12.9. The van der Waals surface area contributed by atoms with Crippen molar-refractivity contribution in [3.05, 3.63) is 48.2 Å². The molecule has 8 heteroatoms. The highest BCUT2D eigenvalue weighted by Crippen LogP contribution is 2.17. The smallest absolute Gasteiger partial charge is 0.275 e. The van der Waals surface area contributed by atoms with Gasteiger partial charge in [-0.15, -0.1) is 0 Å². The molecule has 8 nitrogen and oxygen atoms in total. The van der Waals surface area contributed by atoms with Crippen molar-refractivity contribution in [3.63, 3.8) is 0 Å². The van der Waals surface area contributed by atoms with Crippen molar-refractivity contribution in [3.8, 4) is 0 Å². The van der Waals surface area contributed by atoms with Crippen LogP contribution in [0.15, 0.2) is 41.0 Å². The average molecular weight is 428 g/mol. The lowest BCUT2D eigenvalue weighted by Crippen LogP contribution is -2.49. The highest BCUT2D eigenvalue weighted by atomic mass is 16.3. The van der Waals surface area contributed by atoms with Crippen molar-refractivity contribution < 1.29 is 14.3 Å². The van der Waals surface area contributed by atoms with E-state index in [1.807, 2.05) is 30.0 Å². The average Bonchev–Trinajstić information content (AvgIpc) is 3.29. The number of aliphatic hydroxyl groups excluding tert-OH is 1. The maximum absolute atomic E-state index is 12.9. The first-order valence-electron chi connectivity index (χ1n) is 11.3. The van der Waals surface area contributed by atoms with Crippen LogP contribution in [0.5, 0.6) is 0 Å². The fourth-order valence-corrected chi connectivity index (χ4v) is 4.20. The van der Waals surface area contributed by atoms with E-state index in [1.54, 1.807) is 0 Å². The van der Waals surface area contributed by atoms with Gasteiger partial charge in [0.15, 0.2) is 5.69 Å². The molecule has 3 heterocycles. The van der Waals surface area contributed by atoms with Crippen molar-refractivity contribution in [1.29, 1.82) is 0 Å². The molecule has 0 radical (unpaired) electrons. The standard InChI is InChI=1S/C23H33N5O3/c1-2-20(29)16-25-8-10-26(11-9-25)17-22-24-21(18-31-22)23(30)28-14-12-27(13-15-28)19-6-4-3-5-7-19/h3-7,18,20,29H,2,8-17H2,1H3/t20-/m1/s1. The third-order valence-electron chi connectivity index (χ3n) is 6.22. The molecule has 4 rings (SSSR count). The van der Waals surface area contributed by atoms with Crippen molar-refractivity contribution >= 4 is 11.6 Å². The van der Waals surface area contributed by atoms with E-state index < -0.39 is 0 Å². The fraction of sp³-hybridized carbons (Fsp3) is 0.565. The summed E-state index contributed by atoms with van der Waals surface area (Å²) in [4.78, 5) is 26.1. The molecule has 2 aliphatic rings. The molecular formula is C23H33N5O3. The predicted octanol–water partition coefficient (Wildman–Crippen LogP) is 1.53. The lowest BCUT2D eigenvalue weighted by molar-refractivity contribution is 0.0658. The maximum Gasteiger partial charge on any atom is 0.275 e. The molecule has 0 bridgehead atoms. The first-order valence-corrected chi connectivity index (χ1v) is 11.3. The monoisotopic (exact) mass is 427 g/mol. The number of hydrogen-bond acceptors (Lipinski definition) is 7. The summed E-state index contributed by atoms with van der Waals surface area (Å²) in [6, 6.07) is 10.3. The Morgan fingerprint density at radius 3 is 2.39 bits per heavy atom. The van der Waals surface area contributed by atoms with E-state index in [1.165, 1.54) is 12.0 Å². The second kappa shape index (κ2) is 10.3. The number of para-hydroxylation sites is 1. The Kier molecular flexibility index (Phi) is 7.21. The molecule has 1 aromatic heterocycles. The number of piperazine rings is 2. The minimum atomic E-state index is -0.249. The minimum Gasteiger partial charge on any atom is -0.447 e. The lowest BCUT2D eigenvalue weighted by Gasteiger charge is -2.35. The Hall–Kier alpha value is -2.42. The Morgan fingerprint density at radius 2 is 1.71 bits per heavy atom. The van der Waals surface area contributed by atoms with Crippen LogP contribution in [0.1, 0.15) is 29.7 Å². The number of aliphatic hydroxyl groups is 1. The number of oxazole rings is 1. The number of benzene rings is 1. The van der Waals surface area contributed by atoms with Crippen LogP contribution < -0.4 is 4.90 Å². The van der Waals surface area contributed by atoms with Gasteiger partial charge in [0, 0.05) is 64.6 Å². The summed E-state index contributed by atoms with van der Waals surface area (Å²) in [6.07, 6.45) is 2.03. The fourth-order valence-electron chi connectivity index (χ4n) is 4.20. The molecule has 0 spiro atoms. The summed E-state index contributed by atoms with van der Waals surface area (Å²) >= 11 is 0. The molecule has 0 aliphatic carbocycles. The third kappa shape index (κ3) is 5.64. The van der Waals surface area contributed by atoms with Gasteiger partial charge < -0.3 is 19.3 Å². The first kappa shape index (κ1) is 21.8. The van der Waals surface area contributed by atoms with Crippen molar-refractivity contribution in [2.75, 3.05) is 63.8 Å². The SMILES string of the molecule is CC[C@@H](O)CN1CCN(Cc2nc(C(=O)N3CCN(c4ccccc4)CC3)co2)CC1. The van der Waals surface area contributed by atoms with E-state index >= 15 is 0 Å². The van der Waals surface area contributed by atoms with Crippen LogP contribution in [0.3, 0.4) is 0 Å². The molecule has 2 saturated heterocycles. The topological polar surface area (TPSA) is 76.3 Å². The van der Waals surface area contributed by atoms with Gasteiger partial charge in [0.25, 0.3) is 5.91 Å². The van der Waals surface area contributed by atoms with Gasteiger partial charge in [0.05, 0.1) is 12.6 Å². The Morgan fingerprint density at radius 1 is 1.03 bits per heavy atom. The molecule has 2 fully saturated rings. The van der Waals surface area contributed by atoms with E-state index in [2.05, 4.69) is 31.8 Å². The quantitative estimate of drug-likeness (QED) is 0.718. The van der Waals surface area contributed by atoms with Gasteiger partial charge in [0.2, 0.25) is 5.89 Å². The molecule has 1 aromatic carbocycles. The molecule has 2 aliphatic heterocycles. The highest BCUT2D eigenvalue weighted by Gasteiger charge is 2.25. The van der Waals surface area contributed by atoms with E-state index in [0.717, 1.165) is 52.2 Å². The van der Waals surface area contributed by atoms with Crippen LogP contribution in [0.2, 0.25) is 0 Å². The van der Waals surface area contributed by atoms with Crippen LogP contribution in [0, 0.1) is 0 Å². The molecule has 0 unspecified atom stereocenters. The van der Waals surface area contributed by atoms with Crippen LogP contribution in [-0.2, 0) is 6.54 Å². The van der Waals surface area contributed by atoms with E-state index in [4.69, 9.17) is 4.42 Å². The molecule has 0 saturated carbocycles. The number of aromatic nitrogens is 1. The minimum absolute atomic E-state index is 0.0546. The van der Waals surface area contributed by atoms with Gasteiger partial charge in [-0.25, -0.2) is 4.98 Å². The van der Waals surface area contributed by atoms with Crippen LogP contribution in [0.4, 0.5) is 5.69 Å². The van der Waals surface area contributed by atoms with Crippen molar-refractivity contribution in [2.45, 2.75) is 26.0 Å². The Bertz CT molecular complexity index is 827. The summed E-state index contributed by atoms with van der Waals surface area (Å²) < 4.78 is 5.61. The van der Waals surface area contributed by atoms with E-state index in [9.17, 15) is 9.90 Å². The van der Waals surface area contributed by atoms with Gasteiger partial charge in [-0.3, -0.25) is 14.6 Å². The van der Waals surface area contributed by atoms with Gasteiger partial charge in [-0.1, -0.05) is 25.1 Å². The normalized spacial score (nSPS) is 19.5. The molecule has 2 aromatic rings. The molecule has 168 valence electrons. The number of carbonyl (C=O) groups excluding carboxylic acids is 1. The summed E-state index contributed by atoms with van der Waals surface area (Å²) in [7, 11) is 0. The molecule has 1 atom stereocenters. The molecule has 31 heavy (non-hydrogen) atoms. The van der Waals surface area contributed by atoms with Crippen molar-refractivity contribution in [2.24, 2.45) is 0 Å². The predicted molar refractivity (Wildman–Crippen MR) is 119 cm³/mol. The van der Waals surface area contributed by atoms with Crippen molar-refractivity contribution in [1.82, 2.24) is 19.7 Å². The third-order valence-corrected chi connectivity index (χ3v) is 6.22. The summed E-state index contributed by atoms with van der Waals surface area (Å²) in [6.45, 7) is 10.0. The highest BCUT2D eigenvalue weighted by molar-refractivity contribution is 5.92. The number of β-amino-alcohol motifs (C(OH)–C–C–N with tert-alkyl or cyclic N) is 1. The number of nitrogens with zero attached hydrogens (tertiary/aromatic N) is 5. The van der Waals surface area contributed by atoms with Gasteiger partial charge in [-0.2, -0.15) is 0 Å². The number of rotatable bonds is 7. The number of amides is 1. The zero-order valence-corrected chi connectivity index (χ0v) is 18.3. The molecule has 1 N–H and O–H groups in total. The Balaban J connectivity index is 1.24. The molecule has 1 amide bonds. The largest absolute Gasteiger partial charge is 0.447 e. The number of hydrogen-bond donors (Lipinski definition) is 1. The van der Waals surface area contributed by atoms with Crippen LogP contribution >= 0.6 is 0 Å². The number of carbonyl (C=O) groups is 1. The second-order valence-electron chi connectivity index (χ2n) is 8.38. The number of anilines is 1. The van der Waals surface area contributed by atoms with Crippen LogP contribution in [-0.4, -0.2) is 95.7 Å². The van der Waals surface area contributed by atoms with Gasteiger partial charge in [0.1, 0.15) is 6.26 Å². The Labute approximate surface area is 184 Å². The van der Waals surface area contributed by atoms with E-state index in [0.29, 0.717) is 31.2 Å². The zero-order chi connectivity index (χ0) is 21.6. The summed E-state index contributed by atoms with van der Waals surface area (Å²) in [5, 5.41) is 9.83. The first-order chi connectivity index (χ1) is 15.1. The zero-order valence-electron chi connectivity index (χ0n) is 18.3. The van der Waals surface area contributed by atoms with Crippen LogP contribution in [0.25, 0.3) is 0 Å². The summed E-state index contributed by atoms with van der Waals surface area (Å²) in [5.74, 6) is 0.536. The second-order valence-corrected chi connectivity index (χ2v) is 8.38. The molecular weight excluding hydrogens is 394 g/mol. The van der Waals surface area contributed by atoms with Gasteiger partial charge >= 0.3 is 0 Å². The lowest BCUT2D eigenvalue weighted by atomic mass is 10.2. The van der Waals surface area contributed by atoms with E-state index in [-0.39, 0.29) is 12.0 Å². The summed E-state index contributed by atoms with van der Waals surface area (Å²) in [5.41, 5.74) is 1.59.